The Morgan fingerprint density at radius 1 is 1.22 bits per heavy atom. The molecule has 0 radical (unpaired) electrons. The number of alkyl halides is 2. The first kappa shape index (κ1) is 32.3. The minimum Gasteiger partial charge on any atom is -0.444 e. The van der Waals surface area contributed by atoms with Crippen molar-refractivity contribution < 1.29 is 33.5 Å². The Labute approximate surface area is 248 Å². The summed E-state index contributed by atoms with van der Waals surface area (Å²) in [6, 6.07) is 2.82. The Balaban J connectivity index is 1.74. The predicted octanol–water partition coefficient (Wildman–Crippen LogP) is 3.34. The van der Waals surface area contributed by atoms with E-state index in [-0.39, 0.29) is 37.6 Å². The van der Waals surface area contributed by atoms with Gasteiger partial charge in [0.2, 0.25) is 5.91 Å². The van der Waals surface area contributed by atoms with Crippen LogP contribution in [0.3, 0.4) is 0 Å². The molecule has 14 heteroatoms. The van der Waals surface area contributed by atoms with Crippen LogP contribution in [0.5, 0.6) is 0 Å². The van der Waals surface area contributed by atoms with Crippen LogP contribution in [-0.2, 0) is 19.1 Å². The molecule has 2 aromatic heterocycles. The van der Waals surface area contributed by atoms with Crippen molar-refractivity contribution in [3.05, 3.63) is 30.6 Å². The second-order valence-corrected chi connectivity index (χ2v) is 12.1. The summed E-state index contributed by atoms with van der Waals surface area (Å²) in [5.41, 5.74) is -0.0000293. The summed E-state index contributed by atoms with van der Waals surface area (Å²) in [5.74, 6) is -1.51. The van der Waals surface area contributed by atoms with Crippen LogP contribution in [0.25, 0.3) is 11.5 Å². The third-order valence-electron chi connectivity index (χ3n) is 6.30. The molecule has 3 atom stereocenters. The molecule has 1 aliphatic rings. The summed E-state index contributed by atoms with van der Waals surface area (Å²) >= 11 is 11.8. The molecule has 3 unspecified atom stereocenters. The molecule has 3 heterocycles. The van der Waals surface area contributed by atoms with Crippen molar-refractivity contribution >= 4 is 52.6 Å². The fourth-order valence-electron chi connectivity index (χ4n) is 4.38. The van der Waals surface area contributed by atoms with E-state index in [2.05, 4.69) is 15.5 Å². The summed E-state index contributed by atoms with van der Waals surface area (Å²) in [5, 5.41) is 16.6. The third-order valence-corrected chi connectivity index (χ3v) is 6.67. The molecule has 0 aromatic carbocycles. The number of β-amino-alcohol motifs (C(OH)–C–C–N with tert-alkyl or cyclic N) is 1. The monoisotopic (exact) mass is 611 g/mol. The average Bonchev–Trinajstić information content (AvgIpc) is 3.56. The third kappa shape index (κ3) is 8.64. The van der Waals surface area contributed by atoms with Crippen molar-refractivity contribution in [1.29, 1.82) is 0 Å². The molecule has 2 aromatic rings. The van der Waals surface area contributed by atoms with Crippen molar-refractivity contribution in [1.82, 2.24) is 20.4 Å². The quantitative estimate of drug-likeness (QED) is 0.385. The number of ketones is 1. The SMILES string of the molecule is CC(C)C(NC(=O)C1CC(O)CN1C(=O)OC(C)(C)C)C(=O)CCN(C(=O)C(Cl)Cl)c1ccnc(-c2ccno2)c1. The van der Waals surface area contributed by atoms with Crippen LogP contribution >= 0.6 is 23.2 Å². The molecule has 0 aliphatic carbocycles. The maximum absolute atomic E-state index is 13.4. The maximum Gasteiger partial charge on any atom is 0.411 e. The topological polar surface area (TPSA) is 155 Å². The molecule has 3 amide bonds. The molecule has 41 heavy (non-hydrogen) atoms. The predicted molar refractivity (Wildman–Crippen MR) is 151 cm³/mol. The zero-order chi connectivity index (χ0) is 30.5. The Hall–Kier alpha value is -3.22. The van der Waals surface area contributed by atoms with Gasteiger partial charge in [-0.05, 0) is 38.8 Å². The number of halogens is 2. The highest BCUT2D eigenvalue weighted by Crippen LogP contribution is 2.25. The van der Waals surface area contributed by atoms with Crippen LogP contribution in [0.15, 0.2) is 35.1 Å². The van der Waals surface area contributed by atoms with Gasteiger partial charge >= 0.3 is 6.09 Å². The Bertz CT molecular complexity index is 1230. The van der Waals surface area contributed by atoms with Gasteiger partial charge < -0.3 is 24.6 Å². The molecule has 1 saturated heterocycles. The van der Waals surface area contributed by atoms with Crippen molar-refractivity contribution in [2.24, 2.45) is 5.92 Å². The second kappa shape index (κ2) is 13.6. The number of carbonyl (C=O) groups is 4. The fraction of sp³-hybridized carbons (Fsp3) is 0.556. The Morgan fingerprint density at radius 3 is 2.51 bits per heavy atom. The van der Waals surface area contributed by atoms with E-state index < -0.39 is 46.5 Å². The highest BCUT2D eigenvalue weighted by Gasteiger charge is 2.42. The summed E-state index contributed by atoms with van der Waals surface area (Å²) in [4.78, 5) is 57.5. The minimum absolute atomic E-state index is 0.00869. The van der Waals surface area contributed by atoms with Crippen LogP contribution in [0.2, 0.25) is 0 Å². The van der Waals surface area contributed by atoms with Gasteiger partial charge in [0.15, 0.2) is 16.4 Å². The van der Waals surface area contributed by atoms with Gasteiger partial charge in [-0.1, -0.05) is 42.2 Å². The van der Waals surface area contributed by atoms with Gasteiger partial charge in [-0.15, -0.1) is 0 Å². The number of hydrogen-bond donors (Lipinski definition) is 2. The summed E-state index contributed by atoms with van der Waals surface area (Å²) in [6.45, 7) is 8.48. The molecule has 0 bridgehead atoms. The van der Waals surface area contributed by atoms with E-state index in [1.165, 1.54) is 22.2 Å². The summed E-state index contributed by atoms with van der Waals surface area (Å²) in [7, 11) is 0. The first-order valence-corrected chi connectivity index (χ1v) is 14.0. The smallest absolute Gasteiger partial charge is 0.411 e. The number of carbonyl (C=O) groups excluding carboxylic acids is 4. The number of anilines is 1. The van der Waals surface area contributed by atoms with Crippen molar-refractivity contribution in [3.8, 4) is 11.5 Å². The molecule has 1 aliphatic heterocycles. The van der Waals surface area contributed by atoms with E-state index in [1.807, 2.05) is 0 Å². The van der Waals surface area contributed by atoms with Crippen molar-refractivity contribution in [2.45, 2.75) is 76.1 Å². The number of aliphatic hydroxyl groups is 1. The molecule has 1 fully saturated rings. The van der Waals surface area contributed by atoms with Crippen LogP contribution in [-0.4, -0.2) is 85.6 Å². The zero-order valence-corrected chi connectivity index (χ0v) is 25.1. The minimum atomic E-state index is -1.39. The Morgan fingerprint density at radius 2 is 1.93 bits per heavy atom. The molecule has 3 rings (SSSR count). The molecular formula is C27H35Cl2N5O7. The molecule has 0 spiro atoms. The van der Waals surface area contributed by atoms with E-state index in [0.29, 0.717) is 17.1 Å². The van der Waals surface area contributed by atoms with E-state index >= 15 is 0 Å². The number of hydrogen-bond acceptors (Lipinski definition) is 9. The lowest BCUT2D eigenvalue weighted by atomic mass is 9.97. The normalized spacial score (nSPS) is 18.0. The first-order valence-electron chi connectivity index (χ1n) is 13.1. The molecular weight excluding hydrogens is 577 g/mol. The van der Waals surface area contributed by atoms with Gasteiger partial charge in [0.1, 0.15) is 17.3 Å². The lowest BCUT2D eigenvalue weighted by Crippen LogP contribution is -2.53. The highest BCUT2D eigenvalue weighted by atomic mass is 35.5. The van der Waals surface area contributed by atoms with Gasteiger partial charge in [0, 0.05) is 37.3 Å². The number of aliphatic hydroxyl groups excluding tert-OH is 1. The van der Waals surface area contributed by atoms with Gasteiger partial charge in [0.25, 0.3) is 5.91 Å². The maximum atomic E-state index is 13.4. The Kier molecular flexibility index (Phi) is 10.7. The number of nitrogens with zero attached hydrogens (tertiary/aromatic N) is 4. The number of aromatic nitrogens is 2. The van der Waals surface area contributed by atoms with Crippen LogP contribution in [0, 0.1) is 5.92 Å². The average molecular weight is 613 g/mol. The molecule has 12 nitrogen and oxygen atoms in total. The standard InChI is InChI=1S/C27H35Cl2N5O7/c1-15(2)22(32-24(37)19-13-17(35)14-34(19)26(39)40-27(3,4)5)20(36)8-11-33(25(38)23(28)29)16-6-9-30-18(12-16)21-7-10-31-41-21/h6-7,9-10,12,15,17,19,22-23,35H,8,11,13-14H2,1-5H3,(H,32,37). The van der Waals surface area contributed by atoms with Crippen LogP contribution in [0.4, 0.5) is 10.5 Å². The van der Waals surface area contributed by atoms with Gasteiger partial charge in [-0.2, -0.15) is 0 Å². The summed E-state index contributed by atoms with van der Waals surface area (Å²) < 4.78 is 10.5. The van der Waals surface area contributed by atoms with Crippen LogP contribution in [0.1, 0.15) is 47.5 Å². The number of nitrogens with one attached hydrogen (secondary N) is 1. The number of rotatable bonds is 10. The molecule has 2 N–H and O–H groups in total. The highest BCUT2D eigenvalue weighted by molar-refractivity contribution is 6.54. The van der Waals surface area contributed by atoms with Crippen LogP contribution < -0.4 is 10.2 Å². The van der Waals surface area contributed by atoms with E-state index in [0.717, 1.165) is 0 Å². The first-order chi connectivity index (χ1) is 19.2. The summed E-state index contributed by atoms with van der Waals surface area (Å²) in [6.07, 6.45) is 1.16. The number of pyridine rings is 1. The number of ether oxygens (including phenoxy) is 1. The van der Waals surface area contributed by atoms with E-state index in [9.17, 15) is 24.3 Å². The number of amides is 3. The van der Waals surface area contributed by atoms with Gasteiger partial charge in [0.05, 0.1) is 24.9 Å². The second-order valence-electron chi connectivity index (χ2n) is 11.1. The largest absolute Gasteiger partial charge is 0.444 e. The number of Topliss-reactive ketones (excluding diaryl/α,β-unsaturated/α-hetero) is 1. The molecule has 0 saturated carbocycles. The van der Waals surface area contributed by atoms with Crippen molar-refractivity contribution in [2.75, 3.05) is 18.0 Å². The lowest BCUT2D eigenvalue weighted by Gasteiger charge is -2.30. The van der Waals surface area contributed by atoms with E-state index in [4.69, 9.17) is 32.5 Å². The van der Waals surface area contributed by atoms with E-state index in [1.54, 1.807) is 52.8 Å². The van der Waals surface area contributed by atoms with Crippen molar-refractivity contribution in [3.63, 3.8) is 0 Å². The lowest BCUT2D eigenvalue weighted by molar-refractivity contribution is -0.131. The fourth-order valence-corrected chi connectivity index (χ4v) is 4.62. The van der Waals surface area contributed by atoms with Gasteiger partial charge in [-0.25, -0.2) is 4.79 Å². The zero-order valence-electron chi connectivity index (χ0n) is 23.5. The molecule has 224 valence electrons. The number of likely N-dealkylation sites (tertiary alicyclic amines) is 1. The van der Waals surface area contributed by atoms with Gasteiger partial charge in [-0.3, -0.25) is 24.3 Å².